The van der Waals surface area contributed by atoms with E-state index in [1.54, 1.807) is 25.2 Å². The number of rotatable bonds is 4. The summed E-state index contributed by atoms with van der Waals surface area (Å²) in [6, 6.07) is 4.87. The van der Waals surface area contributed by atoms with E-state index in [4.69, 9.17) is 4.42 Å². The first kappa shape index (κ1) is 18.3. The van der Waals surface area contributed by atoms with E-state index in [0.717, 1.165) is 37.7 Å². The molecule has 0 aliphatic carbocycles. The number of oxazole rings is 1. The second-order valence-electron chi connectivity index (χ2n) is 6.01. The molecule has 0 spiro atoms. The van der Waals surface area contributed by atoms with Crippen molar-refractivity contribution in [2.45, 2.75) is 25.7 Å². The van der Waals surface area contributed by atoms with Gasteiger partial charge in [-0.2, -0.15) is 0 Å². The Labute approximate surface area is 154 Å². The number of carbonyl (C=O) groups is 2. The minimum absolute atomic E-state index is 0.0490. The lowest BCUT2D eigenvalue weighted by atomic mass is 10.1. The van der Waals surface area contributed by atoms with Gasteiger partial charge in [0.15, 0.2) is 11.4 Å². The molecule has 1 aliphatic rings. The van der Waals surface area contributed by atoms with Crippen LogP contribution in [0.2, 0.25) is 0 Å². The molecule has 0 atom stereocenters. The number of thioether (sulfide) groups is 1. The van der Waals surface area contributed by atoms with Crippen molar-refractivity contribution < 1.29 is 14.0 Å². The molecule has 0 amide bonds. The van der Waals surface area contributed by atoms with Crippen LogP contribution in [-0.4, -0.2) is 37.9 Å². The maximum Gasteiger partial charge on any atom is 0.419 e. The number of nitrogens with zero attached hydrogens (tertiary/aromatic N) is 2. The fourth-order valence-corrected chi connectivity index (χ4v) is 4.54. The van der Waals surface area contributed by atoms with Gasteiger partial charge in [-0.25, -0.2) is 9.10 Å². The Kier molecular flexibility index (Phi) is 6.03. The molecule has 0 bridgehead atoms. The Morgan fingerprint density at radius 1 is 1.16 bits per heavy atom. The summed E-state index contributed by atoms with van der Waals surface area (Å²) in [6.07, 6.45) is 4.67. The van der Waals surface area contributed by atoms with E-state index in [0.29, 0.717) is 16.7 Å². The van der Waals surface area contributed by atoms with Crippen molar-refractivity contribution in [3.05, 3.63) is 34.3 Å². The van der Waals surface area contributed by atoms with Crippen molar-refractivity contribution in [2.75, 3.05) is 18.8 Å². The Balaban J connectivity index is 1.57. The average Bonchev–Trinajstić information content (AvgIpc) is 2.78. The van der Waals surface area contributed by atoms with Gasteiger partial charge in [0.1, 0.15) is 0 Å². The average molecular weight is 380 g/mol. The summed E-state index contributed by atoms with van der Waals surface area (Å²) in [7, 11) is 1.60. The zero-order valence-corrected chi connectivity index (χ0v) is 15.7. The van der Waals surface area contributed by atoms with Crippen LogP contribution in [0.25, 0.3) is 11.1 Å². The molecule has 0 radical (unpaired) electrons. The molecule has 25 heavy (non-hydrogen) atoms. The van der Waals surface area contributed by atoms with Crippen LogP contribution in [0.15, 0.2) is 27.4 Å². The molecule has 1 aliphatic heterocycles. The minimum Gasteiger partial charge on any atom is -0.408 e. The molecule has 2 aromatic rings. The second kappa shape index (κ2) is 8.25. The van der Waals surface area contributed by atoms with Crippen molar-refractivity contribution in [3.8, 4) is 0 Å². The molecule has 134 valence electrons. The van der Waals surface area contributed by atoms with Crippen molar-refractivity contribution in [1.29, 1.82) is 0 Å². The molecule has 0 N–H and O–H groups in total. The summed E-state index contributed by atoms with van der Waals surface area (Å²) in [4.78, 5) is 35.9. The number of ketones is 1. The Morgan fingerprint density at radius 2 is 1.88 bits per heavy atom. The van der Waals surface area contributed by atoms with Crippen LogP contribution in [0.5, 0.6) is 0 Å². The lowest BCUT2D eigenvalue weighted by Crippen LogP contribution is -2.18. The van der Waals surface area contributed by atoms with Crippen molar-refractivity contribution >= 4 is 45.0 Å². The van der Waals surface area contributed by atoms with Gasteiger partial charge in [-0.15, -0.1) is 0 Å². The molecule has 6 nitrogen and oxygen atoms in total. The van der Waals surface area contributed by atoms with Crippen molar-refractivity contribution in [2.24, 2.45) is 7.05 Å². The quantitative estimate of drug-likeness (QED) is 0.591. The zero-order valence-electron chi connectivity index (χ0n) is 14.0. The monoisotopic (exact) mass is 380 g/mol. The lowest BCUT2D eigenvalue weighted by Gasteiger charge is -2.16. The molecule has 1 saturated heterocycles. The van der Waals surface area contributed by atoms with E-state index in [1.165, 1.54) is 29.4 Å². The predicted octanol–water partition coefficient (Wildman–Crippen LogP) is 3.69. The van der Waals surface area contributed by atoms with E-state index in [2.05, 4.69) is 4.31 Å². The Hall–Kier alpha value is -1.51. The van der Waals surface area contributed by atoms with Gasteiger partial charge in [0.2, 0.25) is 0 Å². The number of aryl methyl sites for hydroxylation is 1. The molecule has 1 aromatic heterocycles. The third-order valence-corrected chi connectivity index (χ3v) is 6.19. The number of benzene rings is 1. The first-order chi connectivity index (χ1) is 12.0. The highest BCUT2D eigenvalue weighted by Crippen LogP contribution is 2.25. The van der Waals surface area contributed by atoms with Crippen LogP contribution in [0.4, 0.5) is 4.79 Å². The summed E-state index contributed by atoms with van der Waals surface area (Å²) in [6.45, 7) is 1.85. The van der Waals surface area contributed by atoms with Crippen LogP contribution in [-0.2, 0) is 7.05 Å². The largest absolute Gasteiger partial charge is 0.419 e. The third-order valence-electron chi connectivity index (χ3n) is 4.20. The van der Waals surface area contributed by atoms with E-state index < -0.39 is 5.76 Å². The fourth-order valence-electron chi connectivity index (χ4n) is 2.77. The standard InChI is InChI=1S/C17H20N2O4S2/c1-18-13-10-12(6-7-15(13)23-16(18)21)14(20)11-24-17(22)25-19-8-4-2-3-5-9-19/h6-7,10H,2-5,8-9,11H2,1H3. The van der Waals surface area contributed by atoms with Gasteiger partial charge in [0.25, 0.3) is 4.45 Å². The van der Waals surface area contributed by atoms with Gasteiger partial charge in [-0.3, -0.25) is 14.2 Å². The molecule has 2 heterocycles. The number of Topliss-reactive ketones (excluding diaryl/α,β-unsaturated/α-hetero) is 1. The van der Waals surface area contributed by atoms with Gasteiger partial charge < -0.3 is 4.42 Å². The van der Waals surface area contributed by atoms with Crippen LogP contribution in [0.1, 0.15) is 36.0 Å². The summed E-state index contributed by atoms with van der Waals surface area (Å²) >= 11 is 2.26. The molecule has 8 heteroatoms. The molecule has 3 rings (SSSR count). The van der Waals surface area contributed by atoms with E-state index in [9.17, 15) is 14.4 Å². The van der Waals surface area contributed by atoms with E-state index in [1.807, 2.05) is 0 Å². The van der Waals surface area contributed by atoms with Crippen LogP contribution in [0.3, 0.4) is 0 Å². The first-order valence-corrected chi connectivity index (χ1v) is 10.0. The maximum atomic E-state index is 12.3. The fraction of sp³-hybridized carbons (Fsp3) is 0.471. The lowest BCUT2D eigenvalue weighted by molar-refractivity contribution is 0.102. The smallest absolute Gasteiger partial charge is 0.408 e. The highest BCUT2D eigenvalue weighted by atomic mass is 32.2. The highest BCUT2D eigenvalue weighted by Gasteiger charge is 2.17. The summed E-state index contributed by atoms with van der Waals surface area (Å²) in [5, 5.41) is 0. The zero-order chi connectivity index (χ0) is 17.8. The van der Waals surface area contributed by atoms with Crippen LogP contribution >= 0.6 is 23.7 Å². The number of carbonyl (C=O) groups excluding carboxylic acids is 2. The third kappa shape index (κ3) is 4.56. The topological polar surface area (TPSA) is 72.5 Å². The number of hydrogen-bond donors (Lipinski definition) is 0. The number of aromatic nitrogens is 1. The number of hydrogen-bond acceptors (Lipinski definition) is 7. The summed E-state index contributed by atoms with van der Waals surface area (Å²) in [5.74, 6) is -0.500. The summed E-state index contributed by atoms with van der Waals surface area (Å²) < 4.78 is 8.46. The molecular weight excluding hydrogens is 360 g/mol. The first-order valence-electron chi connectivity index (χ1n) is 8.27. The Bertz CT molecular complexity index is 835. The molecular formula is C17H20N2O4S2. The van der Waals surface area contributed by atoms with Gasteiger partial charge >= 0.3 is 5.76 Å². The molecule has 1 fully saturated rings. The Morgan fingerprint density at radius 3 is 2.60 bits per heavy atom. The molecule has 1 aromatic carbocycles. The van der Waals surface area contributed by atoms with Crippen molar-refractivity contribution in [3.63, 3.8) is 0 Å². The van der Waals surface area contributed by atoms with Gasteiger partial charge in [0.05, 0.1) is 11.3 Å². The molecule has 0 unspecified atom stereocenters. The summed E-state index contributed by atoms with van der Waals surface area (Å²) in [5.41, 5.74) is 1.50. The molecule has 0 saturated carbocycles. The van der Waals surface area contributed by atoms with Crippen LogP contribution in [0, 0.1) is 0 Å². The van der Waals surface area contributed by atoms with Gasteiger partial charge in [-0.1, -0.05) is 24.6 Å². The van der Waals surface area contributed by atoms with Gasteiger partial charge in [-0.05, 0) is 31.0 Å². The highest BCUT2D eigenvalue weighted by molar-refractivity contribution is 8.37. The van der Waals surface area contributed by atoms with Crippen LogP contribution < -0.4 is 5.76 Å². The second-order valence-corrected chi connectivity index (χ2v) is 8.28. The minimum atomic E-state index is -0.460. The SMILES string of the molecule is Cn1c(=O)oc2ccc(C(=O)CSC(=O)SN3CCCCCC3)cc21. The van der Waals surface area contributed by atoms with E-state index >= 15 is 0 Å². The number of fused-ring (bicyclic) bond motifs is 1. The normalized spacial score (nSPS) is 16.0. The predicted molar refractivity (Wildman–Crippen MR) is 101 cm³/mol. The van der Waals surface area contributed by atoms with Gasteiger partial charge in [0, 0.05) is 37.6 Å². The van der Waals surface area contributed by atoms with E-state index in [-0.39, 0.29) is 16.0 Å². The maximum absolute atomic E-state index is 12.3. The van der Waals surface area contributed by atoms with Crippen molar-refractivity contribution in [1.82, 2.24) is 8.87 Å².